The van der Waals surface area contributed by atoms with E-state index in [4.69, 9.17) is 0 Å². The van der Waals surface area contributed by atoms with Crippen molar-refractivity contribution in [3.63, 3.8) is 0 Å². The Hall–Kier alpha value is -0.0800. The molecule has 0 aromatic heterocycles. The lowest BCUT2D eigenvalue weighted by Crippen LogP contribution is -2.37. The van der Waals surface area contributed by atoms with Crippen molar-refractivity contribution in [1.29, 1.82) is 0 Å². The topological polar surface area (TPSA) is 24.1 Å². The molecule has 0 radical (unpaired) electrons. The third-order valence-corrected chi connectivity index (χ3v) is 1.80. The third-order valence-electron chi connectivity index (χ3n) is 1.80. The van der Waals surface area contributed by atoms with Crippen molar-refractivity contribution in [1.82, 2.24) is 10.6 Å². The first-order valence-electron chi connectivity index (χ1n) is 4.12. The smallest absolute Gasteiger partial charge is 0.0456 e. The molecule has 0 heterocycles. The Labute approximate surface area is 64.4 Å². The molecule has 0 saturated heterocycles. The van der Waals surface area contributed by atoms with Gasteiger partial charge in [-0.15, -0.1) is 0 Å². The van der Waals surface area contributed by atoms with Crippen LogP contribution in [0.3, 0.4) is 0 Å². The van der Waals surface area contributed by atoms with Crippen LogP contribution in [0.25, 0.3) is 0 Å². The Kier molecular flexibility index (Phi) is 5.64. The largest absolute Gasteiger partial charge is 0.305 e. The third kappa shape index (κ3) is 4.77. The zero-order valence-corrected chi connectivity index (χ0v) is 7.57. The molecule has 0 aliphatic rings. The van der Waals surface area contributed by atoms with Crippen molar-refractivity contribution in [3.8, 4) is 0 Å². The zero-order chi connectivity index (χ0) is 7.98. The summed E-state index contributed by atoms with van der Waals surface area (Å²) in [5.74, 6) is 0.721. The van der Waals surface area contributed by atoms with E-state index in [0.29, 0.717) is 6.04 Å². The molecule has 2 N–H and O–H groups in total. The monoisotopic (exact) mass is 144 g/mol. The van der Waals surface area contributed by atoms with Crippen LogP contribution in [0, 0.1) is 5.92 Å². The molecule has 0 bridgehead atoms. The molecule has 0 aromatic carbocycles. The Morgan fingerprint density at radius 1 is 1.20 bits per heavy atom. The lowest BCUT2D eigenvalue weighted by molar-refractivity contribution is 0.412. The standard InChI is InChI=1S/C8H20N2/c1-5-9-6-10-8(4)7(2)3/h7-10H,5-6H2,1-4H3. The summed E-state index contributed by atoms with van der Waals surface area (Å²) in [7, 11) is 0. The van der Waals surface area contributed by atoms with Gasteiger partial charge in [0.25, 0.3) is 0 Å². The SMILES string of the molecule is CCNCNC(C)C(C)C. The maximum absolute atomic E-state index is 3.37. The van der Waals surface area contributed by atoms with Crippen molar-refractivity contribution < 1.29 is 0 Å². The Morgan fingerprint density at radius 3 is 2.20 bits per heavy atom. The van der Waals surface area contributed by atoms with Crippen molar-refractivity contribution in [2.24, 2.45) is 5.92 Å². The van der Waals surface area contributed by atoms with E-state index in [2.05, 4.69) is 38.3 Å². The van der Waals surface area contributed by atoms with Gasteiger partial charge < -0.3 is 10.6 Å². The number of hydrogen-bond acceptors (Lipinski definition) is 2. The van der Waals surface area contributed by atoms with E-state index >= 15 is 0 Å². The Balaban J connectivity index is 3.13. The molecule has 0 spiro atoms. The summed E-state index contributed by atoms with van der Waals surface area (Å²) < 4.78 is 0. The van der Waals surface area contributed by atoms with E-state index in [1.807, 2.05) is 0 Å². The second-order valence-corrected chi connectivity index (χ2v) is 3.02. The predicted octanol–water partition coefficient (Wildman–Crippen LogP) is 1.19. The first-order valence-corrected chi connectivity index (χ1v) is 4.12. The summed E-state index contributed by atoms with van der Waals surface area (Å²) in [6.45, 7) is 10.7. The van der Waals surface area contributed by atoms with Gasteiger partial charge in [0.05, 0.1) is 0 Å². The van der Waals surface area contributed by atoms with Gasteiger partial charge in [-0.05, 0) is 19.4 Å². The molecular weight excluding hydrogens is 124 g/mol. The number of hydrogen-bond donors (Lipinski definition) is 2. The van der Waals surface area contributed by atoms with Crippen molar-refractivity contribution in [2.45, 2.75) is 33.7 Å². The fraction of sp³-hybridized carbons (Fsp3) is 1.00. The maximum atomic E-state index is 3.37. The zero-order valence-electron chi connectivity index (χ0n) is 7.57. The minimum absolute atomic E-state index is 0.610. The van der Waals surface area contributed by atoms with Crippen LogP contribution in [0.1, 0.15) is 27.7 Å². The molecule has 0 amide bonds. The highest BCUT2D eigenvalue weighted by atomic mass is 15.1. The van der Waals surface area contributed by atoms with E-state index in [9.17, 15) is 0 Å². The van der Waals surface area contributed by atoms with Crippen LogP contribution in [-0.4, -0.2) is 19.3 Å². The van der Waals surface area contributed by atoms with Gasteiger partial charge in [0.2, 0.25) is 0 Å². The second kappa shape index (κ2) is 5.69. The molecule has 10 heavy (non-hydrogen) atoms. The van der Waals surface area contributed by atoms with Crippen molar-refractivity contribution in [3.05, 3.63) is 0 Å². The van der Waals surface area contributed by atoms with Crippen LogP contribution in [-0.2, 0) is 0 Å². The van der Waals surface area contributed by atoms with Crippen LogP contribution < -0.4 is 10.6 Å². The molecule has 1 unspecified atom stereocenters. The molecule has 2 heteroatoms. The van der Waals surface area contributed by atoms with Crippen LogP contribution in [0.4, 0.5) is 0 Å². The molecule has 0 fully saturated rings. The lowest BCUT2D eigenvalue weighted by atomic mass is 10.1. The minimum atomic E-state index is 0.610. The second-order valence-electron chi connectivity index (χ2n) is 3.02. The molecule has 0 aliphatic carbocycles. The lowest BCUT2D eigenvalue weighted by Gasteiger charge is -2.17. The molecule has 0 saturated carbocycles. The van der Waals surface area contributed by atoms with Gasteiger partial charge in [-0.1, -0.05) is 20.8 Å². The Bertz CT molecular complexity index is 71.7. The quantitative estimate of drug-likeness (QED) is 0.447. The molecule has 0 aliphatic heterocycles. The van der Waals surface area contributed by atoms with E-state index in [-0.39, 0.29) is 0 Å². The van der Waals surface area contributed by atoms with Gasteiger partial charge in [-0.2, -0.15) is 0 Å². The van der Waals surface area contributed by atoms with Crippen LogP contribution in [0.2, 0.25) is 0 Å². The number of nitrogens with one attached hydrogen (secondary N) is 2. The van der Waals surface area contributed by atoms with E-state index in [1.54, 1.807) is 0 Å². The summed E-state index contributed by atoms with van der Waals surface area (Å²) in [6, 6.07) is 0.610. The fourth-order valence-corrected chi connectivity index (χ4v) is 0.594. The van der Waals surface area contributed by atoms with Gasteiger partial charge in [-0.25, -0.2) is 0 Å². The molecule has 2 nitrogen and oxygen atoms in total. The molecule has 1 atom stereocenters. The fourth-order valence-electron chi connectivity index (χ4n) is 0.594. The average molecular weight is 144 g/mol. The van der Waals surface area contributed by atoms with E-state index < -0.39 is 0 Å². The Morgan fingerprint density at radius 2 is 1.80 bits per heavy atom. The van der Waals surface area contributed by atoms with Gasteiger partial charge in [0.1, 0.15) is 0 Å². The van der Waals surface area contributed by atoms with E-state index in [0.717, 1.165) is 19.1 Å². The number of rotatable bonds is 5. The summed E-state index contributed by atoms with van der Waals surface area (Å²) >= 11 is 0. The molecule has 0 aromatic rings. The first kappa shape index (κ1) is 9.92. The van der Waals surface area contributed by atoms with Crippen LogP contribution in [0.15, 0.2) is 0 Å². The van der Waals surface area contributed by atoms with Crippen LogP contribution >= 0.6 is 0 Å². The highest BCUT2D eigenvalue weighted by Crippen LogP contribution is 1.97. The molecule has 62 valence electrons. The minimum Gasteiger partial charge on any atom is -0.305 e. The normalized spacial score (nSPS) is 14.1. The summed E-state index contributed by atoms with van der Waals surface area (Å²) in [5.41, 5.74) is 0. The van der Waals surface area contributed by atoms with Gasteiger partial charge >= 0.3 is 0 Å². The van der Waals surface area contributed by atoms with Crippen molar-refractivity contribution in [2.75, 3.05) is 13.2 Å². The van der Waals surface area contributed by atoms with Crippen molar-refractivity contribution >= 4 is 0 Å². The van der Waals surface area contributed by atoms with E-state index in [1.165, 1.54) is 0 Å². The first-order chi connectivity index (χ1) is 4.68. The predicted molar refractivity (Wildman–Crippen MR) is 46.0 cm³/mol. The van der Waals surface area contributed by atoms with Gasteiger partial charge in [0.15, 0.2) is 0 Å². The van der Waals surface area contributed by atoms with Crippen LogP contribution in [0.5, 0.6) is 0 Å². The highest BCUT2D eigenvalue weighted by molar-refractivity contribution is 4.62. The highest BCUT2D eigenvalue weighted by Gasteiger charge is 2.03. The summed E-state index contributed by atoms with van der Waals surface area (Å²) in [4.78, 5) is 0. The summed E-state index contributed by atoms with van der Waals surface area (Å²) in [5, 5.41) is 6.59. The maximum Gasteiger partial charge on any atom is 0.0456 e. The van der Waals surface area contributed by atoms with Gasteiger partial charge in [0, 0.05) is 12.7 Å². The molecular formula is C8H20N2. The average Bonchev–Trinajstić information content (AvgIpc) is 1.88. The van der Waals surface area contributed by atoms with Gasteiger partial charge in [-0.3, -0.25) is 0 Å². The molecule has 0 rings (SSSR count). The summed E-state index contributed by atoms with van der Waals surface area (Å²) in [6.07, 6.45) is 0.